The number of H-pyrrole nitrogens is 1. The van der Waals surface area contributed by atoms with Crippen molar-refractivity contribution < 1.29 is 23.5 Å². The highest BCUT2D eigenvalue weighted by molar-refractivity contribution is 5.90. The second-order valence-corrected chi connectivity index (χ2v) is 8.46. The minimum absolute atomic E-state index is 0.0684. The first-order chi connectivity index (χ1) is 14.7. The largest absolute Gasteiger partial charge is 0.465 e. The number of aromatic amines is 1. The van der Waals surface area contributed by atoms with Gasteiger partial charge in [-0.15, -0.1) is 0 Å². The Kier molecular flexibility index (Phi) is 6.97. The summed E-state index contributed by atoms with van der Waals surface area (Å²) in [6.45, 7) is 6.85. The lowest BCUT2D eigenvalue weighted by atomic mass is 10.00. The molecule has 8 nitrogen and oxygen atoms in total. The molecule has 31 heavy (non-hydrogen) atoms. The molecule has 0 spiro atoms. The van der Waals surface area contributed by atoms with Crippen molar-refractivity contribution in [2.75, 3.05) is 26.2 Å². The number of carbonyl (C=O) groups is 2. The van der Waals surface area contributed by atoms with Gasteiger partial charge in [0, 0.05) is 38.3 Å². The summed E-state index contributed by atoms with van der Waals surface area (Å²) < 4.78 is 28.0. The van der Waals surface area contributed by atoms with Crippen molar-refractivity contribution in [1.82, 2.24) is 19.6 Å². The van der Waals surface area contributed by atoms with Gasteiger partial charge in [0.05, 0.1) is 5.52 Å². The normalized spacial score (nSPS) is 18.1. The maximum absolute atomic E-state index is 13.7. The molecule has 10 heteroatoms. The molecule has 4 rings (SSSR count). The zero-order valence-corrected chi connectivity index (χ0v) is 17.7. The fraction of sp³-hybridized carbons (Fsp3) is 0.571. The van der Waals surface area contributed by atoms with Crippen LogP contribution in [0.2, 0.25) is 0 Å². The van der Waals surface area contributed by atoms with Crippen molar-refractivity contribution in [3.8, 4) is 0 Å². The Labute approximate surface area is 178 Å². The van der Waals surface area contributed by atoms with Gasteiger partial charge in [-0.3, -0.25) is 9.89 Å². The Morgan fingerprint density at radius 1 is 0.968 bits per heavy atom. The van der Waals surface area contributed by atoms with Crippen molar-refractivity contribution in [3.63, 3.8) is 0 Å². The van der Waals surface area contributed by atoms with Gasteiger partial charge in [-0.05, 0) is 37.5 Å². The van der Waals surface area contributed by atoms with Gasteiger partial charge in [0.25, 0.3) is 5.56 Å². The van der Waals surface area contributed by atoms with Crippen LogP contribution in [0.1, 0.15) is 39.5 Å². The number of likely N-dealkylation sites (tertiary alicyclic amines) is 2. The first-order valence-corrected chi connectivity index (χ1v) is 10.5. The predicted molar refractivity (Wildman–Crippen MR) is 111 cm³/mol. The number of halogens is 2. The van der Waals surface area contributed by atoms with Crippen LogP contribution in [0.3, 0.4) is 0 Å². The molecular weight excluding hydrogens is 410 g/mol. The van der Waals surface area contributed by atoms with Crippen molar-refractivity contribution in [2.45, 2.75) is 39.5 Å². The number of nitrogens with zero attached hydrogens (tertiary/aromatic N) is 3. The molecule has 1 aromatic carbocycles. The van der Waals surface area contributed by atoms with Gasteiger partial charge in [-0.25, -0.2) is 23.1 Å². The third kappa shape index (κ3) is 5.23. The van der Waals surface area contributed by atoms with E-state index in [4.69, 9.17) is 5.11 Å². The Hall–Kier alpha value is -2.91. The SMILES string of the molecule is CC1CCN(C(=O)O)CC1.CC1CCN(C(=O)n2[nH]c(=O)c3c(F)cc(F)cc32)CC1. The van der Waals surface area contributed by atoms with E-state index in [9.17, 15) is 23.2 Å². The van der Waals surface area contributed by atoms with Crippen LogP contribution in [0, 0.1) is 23.5 Å². The van der Waals surface area contributed by atoms with Crippen molar-refractivity contribution in [1.29, 1.82) is 0 Å². The Morgan fingerprint density at radius 2 is 1.48 bits per heavy atom. The molecule has 2 aliphatic heterocycles. The number of hydrogen-bond donors (Lipinski definition) is 2. The summed E-state index contributed by atoms with van der Waals surface area (Å²) >= 11 is 0. The molecule has 2 aromatic rings. The second kappa shape index (κ2) is 9.49. The summed E-state index contributed by atoms with van der Waals surface area (Å²) in [5.41, 5.74) is -0.803. The number of carbonyl (C=O) groups excluding carboxylic acids is 1. The topological polar surface area (TPSA) is 98.6 Å². The standard InChI is InChI=1S/C14H15F2N3O2.C7H13NO2/c1-8-2-4-18(5-3-8)14(21)19-11-7-9(15)6-10(16)12(11)13(20)17-19;1-6-2-4-8(5-3-6)7(9)10/h6-8H,2-5H2,1H3,(H,17,20);6H,2-5H2,1H3,(H,9,10). The lowest BCUT2D eigenvalue weighted by Crippen LogP contribution is -2.41. The van der Waals surface area contributed by atoms with Crippen LogP contribution in [0.5, 0.6) is 0 Å². The number of carboxylic acid groups (broad SMARTS) is 1. The number of aromatic nitrogens is 2. The zero-order chi connectivity index (χ0) is 22.7. The van der Waals surface area contributed by atoms with E-state index in [2.05, 4.69) is 18.9 Å². The van der Waals surface area contributed by atoms with Crippen molar-refractivity contribution in [3.05, 3.63) is 34.1 Å². The van der Waals surface area contributed by atoms with Crippen LogP contribution >= 0.6 is 0 Å². The summed E-state index contributed by atoms with van der Waals surface area (Å²) in [5.74, 6) is -0.544. The van der Waals surface area contributed by atoms with E-state index in [0.29, 0.717) is 31.0 Å². The zero-order valence-electron chi connectivity index (χ0n) is 17.7. The number of benzene rings is 1. The van der Waals surface area contributed by atoms with E-state index in [-0.39, 0.29) is 10.9 Å². The van der Waals surface area contributed by atoms with Crippen LogP contribution in [0.25, 0.3) is 10.9 Å². The number of piperidine rings is 2. The Morgan fingerprint density at radius 3 is 2.00 bits per heavy atom. The average molecular weight is 438 g/mol. The molecule has 0 radical (unpaired) electrons. The number of nitrogens with one attached hydrogen (secondary N) is 1. The second-order valence-electron chi connectivity index (χ2n) is 8.46. The van der Waals surface area contributed by atoms with Gasteiger partial charge in [0.15, 0.2) is 0 Å². The van der Waals surface area contributed by atoms with Crippen LogP contribution in [0.15, 0.2) is 16.9 Å². The number of amides is 2. The minimum Gasteiger partial charge on any atom is -0.465 e. The molecule has 3 heterocycles. The van der Waals surface area contributed by atoms with Gasteiger partial charge in [-0.1, -0.05) is 13.8 Å². The van der Waals surface area contributed by atoms with Crippen LogP contribution in [0.4, 0.5) is 18.4 Å². The van der Waals surface area contributed by atoms with Gasteiger partial charge in [0.1, 0.15) is 17.0 Å². The molecule has 2 N–H and O–H groups in total. The molecule has 0 aliphatic carbocycles. The van der Waals surface area contributed by atoms with Gasteiger partial charge in [-0.2, -0.15) is 0 Å². The highest BCUT2D eigenvalue weighted by Crippen LogP contribution is 2.20. The fourth-order valence-electron chi connectivity index (χ4n) is 3.87. The smallest absolute Gasteiger partial charge is 0.407 e. The average Bonchev–Trinajstić information content (AvgIpc) is 3.05. The molecule has 2 saturated heterocycles. The van der Waals surface area contributed by atoms with Gasteiger partial charge >= 0.3 is 12.1 Å². The number of rotatable bonds is 0. The third-order valence-corrected chi connectivity index (χ3v) is 6.02. The molecule has 0 atom stereocenters. The summed E-state index contributed by atoms with van der Waals surface area (Å²) in [7, 11) is 0. The lowest BCUT2D eigenvalue weighted by Gasteiger charge is -2.30. The van der Waals surface area contributed by atoms with E-state index < -0.39 is 29.3 Å². The molecule has 170 valence electrons. The summed E-state index contributed by atoms with van der Waals surface area (Å²) in [5, 5.41) is 10.5. The molecule has 0 unspecified atom stereocenters. The summed E-state index contributed by atoms with van der Waals surface area (Å²) in [4.78, 5) is 37.6. The summed E-state index contributed by atoms with van der Waals surface area (Å²) in [6, 6.07) is 1.16. The van der Waals surface area contributed by atoms with E-state index in [1.807, 2.05) is 0 Å². The minimum atomic E-state index is -0.968. The lowest BCUT2D eigenvalue weighted by molar-refractivity contribution is 0.127. The highest BCUT2D eigenvalue weighted by atomic mass is 19.1. The van der Waals surface area contributed by atoms with Gasteiger partial charge < -0.3 is 14.9 Å². The maximum atomic E-state index is 13.7. The number of hydrogen-bond acceptors (Lipinski definition) is 3. The number of fused-ring (bicyclic) bond motifs is 1. The first-order valence-electron chi connectivity index (χ1n) is 10.5. The van der Waals surface area contributed by atoms with E-state index in [1.54, 1.807) is 4.90 Å². The Bertz CT molecular complexity index is 1000. The third-order valence-electron chi connectivity index (χ3n) is 6.02. The molecule has 0 bridgehead atoms. The molecule has 0 saturated carbocycles. The first kappa shape index (κ1) is 22.8. The monoisotopic (exact) mass is 438 g/mol. The molecule has 2 amide bonds. The fourth-order valence-corrected chi connectivity index (χ4v) is 3.87. The van der Waals surface area contributed by atoms with E-state index >= 15 is 0 Å². The van der Waals surface area contributed by atoms with Crippen LogP contribution in [-0.2, 0) is 0 Å². The molecule has 1 aromatic heterocycles. The van der Waals surface area contributed by atoms with Crippen molar-refractivity contribution in [2.24, 2.45) is 11.8 Å². The van der Waals surface area contributed by atoms with Crippen LogP contribution in [-0.4, -0.2) is 63.0 Å². The molecule has 2 fully saturated rings. The molecule has 2 aliphatic rings. The highest BCUT2D eigenvalue weighted by Gasteiger charge is 2.25. The molecular formula is C21H28F2N4O4. The van der Waals surface area contributed by atoms with Crippen LogP contribution < -0.4 is 5.56 Å². The van der Waals surface area contributed by atoms with Crippen molar-refractivity contribution >= 4 is 23.0 Å². The maximum Gasteiger partial charge on any atom is 0.407 e. The Balaban J connectivity index is 0.000000229. The predicted octanol–water partition coefficient (Wildman–Crippen LogP) is 3.70. The summed E-state index contributed by atoms with van der Waals surface area (Å²) in [6.07, 6.45) is 3.01. The van der Waals surface area contributed by atoms with Gasteiger partial charge in [0.2, 0.25) is 0 Å². The quantitative estimate of drug-likeness (QED) is 0.655. The van der Waals surface area contributed by atoms with E-state index in [1.165, 1.54) is 4.90 Å². The van der Waals surface area contributed by atoms with E-state index in [0.717, 1.165) is 49.5 Å².